The molecule has 1 aliphatic rings. The minimum Gasteiger partial charge on any atom is -0.488 e. The molecule has 0 aromatic heterocycles. The van der Waals surface area contributed by atoms with Crippen LogP contribution in [0.5, 0.6) is 5.75 Å². The topological polar surface area (TPSA) is 39.7 Å². The van der Waals surface area contributed by atoms with E-state index in [2.05, 4.69) is 24.4 Å². The van der Waals surface area contributed by atoms with E-state index in [1.165, 1.54) is 5.56 Å². The van der Waals surface area contributed by atoms with Crippen LogP contribution in [-0.2, 0) is 15.9 Å². The minimum absolute atomic E-state index is 0.143. The van der Waals surface area contributed by atoms with Gasteiger partial charge in [0, 0.05) is 26.7 Å². The summed E-state index contributed by atoms with van der Waals surface area (Å²) < 4.78 is 16.7. The van der Waals surface area contributed by atoms with E-state index in [0.717, 1.165) is 38.2 Å². The molecule has 0 heterocycles. The van der Waals surface area contributed by atoms with Gasteiger partial charge < -0.3 is 19.5 Å². The second-order valence-corrected chi connectivity index (χ2v) is 5.54. The molecule has 118 valence electrons. The summed E-state index contributed by atoms with van der Waals surface area (Å²) in [5.41, 5.74) is 1.27. The zero-order chi connectivity index (χ0) is 15.1. The maximum Gasteiger partial charge on any atom is 0.128 e. The lowest BCUT2D eigenvalue weighted by molar-refractivity contribution is -0.0887. The summed E-state index contributed by atoms with van der Waals surface area (Å²) in [4.78, 5) is 0. The zero-order valence-corrected chi connectivity index (χ0v) is 13.3. The Kier molecular flexibility index (Phi) is 6.49. The fourth-order valence-corrected chi connectivity index (χ4v) is 2.67. The van der Waals surface area contributed by atoms with Gasteiger partial charge in [0.1, 0.15) is 18.0 Å². The van der Waals surface area contributed by atoms with Gasteiger partial charge in [-0.1, -0.05) is 19.1 Å². The smallest absolute Gasteiger partial charge is 0.128 e. The third-order valence-electron chi connectivity index (χ3n) is 3.98. The molecule has 0 spiro atoms. The minimum atomic E-state index is 0.143. The summed E-state index contributed by atoms with van der Waals surface area (Å²) in [6, 6.07) is 8.68. The summed E-state index contributed by atoms with van der Waals surface area (Å²) in [7, 11) is 3.48. The lowest BCUT2D eigenvalue weighted by Gasteiger charge is -2.43. The fraction of sp³-hybridized carbons (Fsp3) is 0.647. The highest BCUT2D eigenvalue weighted by Crippen LogP contribution is 2.29. The predicted molar refractivity (Wildman–Crippen MR) is 83.9 cm³/mol. The van der Waals surface area contributed by atoms with Gasteiger partial charge in [-0.05, 0) is 37.1 Å². The van der Waals surface area contributed by atoms with Crippen LogP contribution < -0.4 is 10.1 Å². The zero-order valence-electron chi connectivity index (χ0n) is 13.3. The summed E-state index contributed by atoms with van der Waals surface area (Å²) in [6.07, 6.45) is 3.37. The molecule has 1 fully saturated rings. The molecule has 1 aliphatic carbocycles. The predicted octanol–water partition coefficient (Wildman–Crippen LogP) is 2.41. The molecule has 3 unspecified atom stereocenters. The molecule has 0 aliphatic heterocycles. The Hall–Kier alpha value is -1.10. The van der Waals surface area contributed by atoms with Gasteiger partial charge in [-0.2, -0.15) is 0 Å². The van der Waals surface area contributed by atoms with Crippen LogP contribution in [0.15, 0.2) is 24.3 Å². The molecule has 4 heteroatoms. The number of hydrogen-bond acceptors (Lipinski definition) is 4. The lowest BCUT2D eigenvalue weighted by atomic mass is 9.85. The van der Waals surface area contributed by atoms with E-state index in [0.29, 0.717) is 6.04 Å². The van der Waals surface area contributed by atoms with E-state index in [9.17, 15) is 0 Å². The molecular weight excluding hydrogens is 266 g/mol. The summed E-state index contributed by atoms with van der Waals surface area (Å²) >= 11 is 0. The molecule has 3 atom stereocenters. The highest BCUT2D eigenvalue weighted by Gasteiger charge is 2.42. The molecule has 21 heavy (non-hydrogen) atoms. The van der Waals surface area contributed by atoms with E-state index < -0.39 is 0 Å². The van der Waals surface area contributed by atoms with Crippen LogP contribution >= 0.6 is 0 Å². The Morgan fingerprint density at radius 3 is 2.57 bits per heavy atom. The van der Waals surface area contributed by atoms with Gasteiger partial charge in [0.25, 0.3) is 0 Å². The third-order valence-corrected chi connectivity index (χ3v) is 3.98. The van der Waals surface area contributed by atoms with Crippen LogP contribution in [0, 0.1) is 0 Å². The molecule has 2 rings (SSSR count). The Morgan fingerprint density at radius 1 is 1.19 bits per heavy atom. The van der Waals surface area contributed by atoms with Crippen LogP contribution in [0.1, 0.15) is 25.3 Å². The number of rotatable bonds is 9. The van der Waals surface area contributed by atoms with Gasteiger partial charge in [0.15, 0.2) is 0 Å². The summed E-state index contributed by atoms with van der Waals surface area (Å²) in [6.45, 7) is 3.96. The fourth-order valence-electron chi connectivity index (χ4n) is 2.67. The van der Waals surface area contributed by atoms with Crippen molar-refractivity contribution in [1.29, 1.82) is 0 Å². The highest BCUT2D eigenvalue weighted by molar-refractivity contribution is 5.28. The molecule has 1 N–H and O–H groups in total. The van der Waals surface area contributed by atoms with Gasteiger partial charge >= 0.3 is 0 Å². The monoisotopic (exact) mass is 293 g/mol. The Morgan fingerprint density at radius 2 is 1.95 bits per heavy atom. The molecule has 0 amide bonds. The van der Waals surface area contributed by atoms with E-state index in [4.69, 9.17) is 14.2 Å². The molecular formula is C17H27NO3. The van der Waals surface area contributed by atoms with Crippen molar-refractivity contribution in [3.63, 3.8) is 0 Å². The molecule has 0 radical (unpaired) electrons. The van der Waals surface area contributed by atoms with Crippen LogP contribution in [0.4, 0.5) is 0 Å². The third kappa shape index (κ3) is 4.43. The van der Waals surface area contributed by atoms with Crippen LogP contribution in [0.3, 0.4) is 0 Å². The normalized spacial score (nSPS) is 24.6. The van der Waals surface area contributed by atoms with Gasteiger partial charge in [-0.3, -0.25) is 0 Å². The Bertz CT molecular complexity index is 407. The number of methoxy groups -OCH3 is 2. The first-order valence-electron chi connectivity index (χ1n) is 7.79. The second kappa shape index (κ2) is 8.37. The quantitative estimate of drug-likeness (QED) is 0.759. The van der Waals surface area contributed by atoms with Gasteiger partial charge in [-0.15, -0.1) is 0 Å². The van der Waals surface area contributed by atoms with Crippen LogP contribution in [0.25, 0.3) is 0 Å². The first kappa shape index (κ1) is 16.3. The highest BCUT2D eigenvalue weighted by atomic mass is 16.5. The van der Waals surface area contributed by atoms with Crippen molar-refractivity contribution in [1.82, 2.24) is 5.32 Å². The first-order chi connectivity index (χ1) is 10.3. The van der Waals surface area contributed by atoms with Crippen molar-refractivity contribution in [3.8, 4) is 5.75 Å². The second-order valence-electron chi connectivity index (χ2n) is 5.54. The summed E-state index contributed by atoms with van der Waals surface area (Å²) in [5, 5.41) is 3.50. The largest absolute Gasteiger partial charge is 0.488 e. The molecule has 0 bridgehead atoms. The Labute approximate surface area is 127 Å². The van der Waals surface area contributed by atoms with Crippen LogP contribution in [-0.4, -0.2) is 45.6 Å². The number of nitrogens with one attached hydrogen (secondary N) is 1. The molecule has 1 saturated carbocycles. The average Bonchev–Trinajstić information content (AvgIpc) is 2.49. The number of benzene rings is 1. The first-order valence-corrected chi connectivity index (χ1v) is 7.79. The SMILES string of the molecule is CCCNC1CC(Oc2ccc(CCOC)cc2)C1OC. The van der Waals surface area contributed by atoms with Crippen molar-refractivity contribution in [2.45, 2.75) is 44.4 Å². The maximum absolute atomic E-state index is 6.03. The molecule has 4 nitrogen and oxygen atoms in total. The summed E-state index contributed by atoms with van der Waals surface area (Å²) in [5.74, 6) is 0.914. The van der Waals surface area contributed by atoms with Crippen molar-refractivity contribution in [2.24, 2.45) is 0 Å². The number of ether oxygens (including phenoxy) is 3. The van der Waals surface area contributed by atoms with Crippen molar-refractivity contribution >= 4 is 0 Å². The molecule has 0 saturated heterocycles. The van der Waals surface area contributed by atoms with Crippen molar-refractivity contribution < 1.29 is 14.2 Å². The van der Waals surface area contributed by atoms with Gasteiger partial charge in [-0.25, -0.2) is 0 Å². The standard InChI is InChI=1S/C17H27NO3/c1-4-10-18-15-12-16(17(15)20-3)21-14-7-5-13(6-8-14)9-11-19-2/h5-8,15-18H,4,9-12H2,1-3H3. The van der Waals surface area contributed by atoms with Crippen molar-refractivity contribution in [2.75, 3.05) is 27.4 Å². The van der Waals surface area contributed by atoms with E-state index in [1.54, 1.807) is 14.2 Å². The van der Waals surface area contributed by atoms with E-state index in [-0.39, 0.29) is 12.2 Å². The Balaban J connectivity index is 1.82. The average molecular weight is 293 g/mol. The van der Waals surface area contributed by atoms with Gasteiger partial charge in [0.2, 0.25) is 0 Å². The van der Waals surface area contributed by atoms with E-state index in [1.807, 2.05) is 12.1 Å². The van der Waals surface area contributed by atoms with Crippen LogP contribution in [0.2, 0.25) is 0 Å². The molecule has 1 aromatic carbocycles. The van der Waals surface area contributed by atoms with Gasteiger partial charge in [0.05, 0.1) is 6.61 Å². The number of hydrogen-bond donors (Lipinski definition) is 1. The lowest BCUT2D eigenvalue weighted by Crippen LogP contribution is -2.61. The molecule has 1 aromatic rings. The van der Waals surface area contributed by atoms with E-state index >= 15 is 0 Å². The maximum atomic E-state index is 6.03. The van der Waals surface area contributed by atoms with Crippen molar-refractivity contribution in [3.05, 3.63) is 29.8 Å².